The van der Waals surface area contributed by atoms with Crippen molar-refractivity contribution in [2.75, 3.05) is 18.5 Å². The van der Waals surface area contributed by atoms with Gasteiger partial charge in [-0.25, -0.2) is 4.39 Å². The monoisotopic (exact) mass is 432 g/mol. The topological polar surface area (TPSA) is 32.3 Å². The summed E-state index contributed by atoms with van der Waals surface area (Å²) in [6, 6.07) is 12.6. The van der Waals surface area contributed by atoms with Crippen molar-refractivity contribution in [2.24, 2.45) is 0 Å². The number of allylic oxidation sites excluding steroid dienone is 3. The van der Waals surface area contributed by atoms with Gasteiger partial charge < -0.3 is 10.2 Å². The van der Waals surface area contributed by atoms with Crippen LogP contribution in [0.25, 0.3) is 11.1 Å². The Hall–Kier alpha value is -3.14. The Kier molecular flexibility index (Phi) is 7.34. The molecule has 0 aliphatic heterocycles. The molecular weight excluding hydrogens is 399 g/mol. The highest BCUT2D eigenvalue weighted by Crippen LogP contribution is 2.46. The minimum Gasteiger partial charge on any atom is -0.367 e. The van der Waals surface area contributed by atoms with Crippen LogP contribution in [0.15, 0.2) is 78.4 Å². The third kappa shape index (κ3) is 5.18. The Balaban J connectivity index is 1.69. The van der Waals surface area contributed by atoms with E-state index in [0.29, 0.717) is 17.8 Å². The van der Waals surface area contributed by atoms with Crippen molar-refractivity contribution in [1.82, 2.24) is 5.32 Å². The zero-order valence-corrected chi connectivity index (χ0v) is 19.5. The van der Waals surface area contributed by atoms with Gasteiger partial charge in [-0.2, -0.15) is 0 Å². The molecule has 0 radical (unpaired) electrons. The van der Waals surface area contributed by atoms with Crippen LogP contribution < -0.4 is 10.2 Å². The van der Waals surface area contributed by atoms with Gasteiger partial charge in [0.2, 0.25) is 0 Å². The van der Waals surface area contributed by atoms with E-state index >= 15 is 0 Å². The van der Waals surface area contributed by atoms with Gasteiger partial charge in [0, 0.05) is 24.7 Å². The van der Waals surface area contributed by atoms with Crippen LogP contribution in [0.1, 0.15) is 50.4 Å². The highest BCUT2D eigenvalue weighted by atomic mass is 19.1. The number of amides is 1. The largest absolute Gasteiger partial charge is 0.367 e. The summed E-state index contributed by atoms with van der Waals surface area (Å²) in [5.41, 5.74) is 4.89. The summed E-state index contributed by atoms with van der Waals surface area (Å²) >= 11 is 0. The van der Waals surface area contributed by atoms with E-state index in [1.807, 2.05) is 63.4 Å². The first-order valence-corrected chi connectivity index (χ1v) is 11.2. The Morgan fingerprint density at radius 1 is 1.19 bits per heavy atom. The van der Waals surface area contributed by atoms with Gasteiger partial charge in [0.05, 0.1) is 5.69 Å². The average Bonchev–Trinajstić information content (AvgIpc) is 3.59. The van der Waals surface area contributed by atoms with Gasteiger partial charge in [-0.15, -0.1) is 0 Å². The standard InChI is InChI=1S/C28H33FN2O/c1-6-8-9-24(20(3)4)19-30-27(32)22-12-10-21(11-13-22)23-14-15-26(25(29)18-23)31(5)28(7-2)16-17-28/h6,8-15,18H,3,7,16-17,19H2,1-2,4-5H3,(H,30,32)/b8-6-,24-9-. The van der Waals surface area contributed by atoms with Gasteiger partial charge in [0.1, 0.15) is 5.82 Å². The van der Waals surface area contributed by atoms with Crippen LogP contribution in [0.5, 0.6) is 0 Å². The van der Waals surface area contributed by atoms with Gasteiger partial charge in [-0.3, -0.25) is 4.79 Å². The number of hydrogen-bond acceptors (Lipinski definition) is 2. The molecule has 3 rings (SSSR count). The third-order valence-electron chi connectivity index (χ3n) is 6.46. The lowest BCUT2D eigenvalue weighted by molar-refractivity contribution is 0.0957. The molecule has 4 heteroatoms. The second kappa shape index (κ2) is 9.99. The maximum Gasteiger partial charge on any atom is 0.251 e. The second-order valence-electron chi connectivity index (χ2n) is 8.56. The van der Waals surface area contributed by atoms with Crippen LogP contribution in [0.2, 0.25) is 0 Å². The van der Waals surface area contributed by atoms with E-state index in [-0.39, 0.29) is 17.3 Å². The zero-order chi connectivity index (χ0) is 23.3. The predicted octanol–water partition coefficient (Wildman–Crippen LogP) is 6.68. The van der Waals surface area contributed by atoms with E-state index in [9.17, 15) is 9.18 Å². The van der Waals surface area contributed by atoms with E-state index in [4.69, 9.17) is 0 Å². The van der Waals surface area contributed by atoms with E-state index in [2.05, 4.69) is 23.7 Å². The van der Waals surface area contributed by atoms with E-state index in [0.717, 1.165) is 41.5 Å². The zero-order valence-electron chi connectivity index (χ0n) is 19.5. The van der Waals surface area contributed by atoms with E-state index in [1.165, 1.54) is 0 Å². The summed E-state index contributed by atoms with van der Waals surface area (Å²) in [6.07, 6.45) is 9.07. The molecular formula is C28H33FN2O. The van der Waals surface area contributed by atoms with Gasteiger partial charge in [0.25, 0.3) is 5.91 Å². The number of hydrogen-bond donors (Lipinski definition) is 1. The molecule has 1 N–H and O–H groups in total. The van der Waals surface area contributed by atoms with Gasteiger partial charge in [-0.1, -0.05) is 55.5 Å². The maximum atomic E-state index is 14.9. The molecule has 0 bridgehead atoms. The van der Waals surface area contributed by atoms with Crippen LogP contribution in [-0.4, -0.2) is 25.0 Å². The van der Waals surface area contributed by atoms with E-state index in [1.54, 1.807) is 18.2 Å². The van der Waals surface area contributed by atoms with Crippen molar-refractivity contribution in [3.63, 3.8) is 0 Å². The molecule has 32 heavy (non-hydrogen) atoms. The summed E-state index contributed by atoms with van der Waals surface area (Å²) in [4.78, 5) is 14.6. The second-order valence-corrected chi connectivity index (χ2v) is 8.56. The van der Waals surface area contributed by atoms with Crippen LogP contribution in [0.4, 0.5) is 10.1 Å². The first-order valence-electron chi connectivity index (χ1n) is 11.2. The lowest BCUT2D eigenvalue weighted by Crippen LogP contribution is -2.33. The first kappa shape index (κ1) is 23.5. The van der Waals surface area contributed by atoms with Crippen molar-refractivity contribution < 1.29 is 9.18 Å². The Morgan fingerprint density at radius 2 is 1.84 bits per heavy atom. The number of anilines is 1. The van der Waals surface area contributed by atoms with Gasteiger partial charge in [0.15, 0.2) is 0 Å². The Labute approximate surface area is 191 Å². The molecule has 0 saturated heterocycles. The average molecular weight is 433 g/mol. The van der Waals surface area contributed by atoms with Crippen LogP contribution in [0.3, 0.4) is 0 Å². The fraction of sp³-hybridized carbons (Fsp3) is 0.321. The molecule has 0 aromatic heterocycles. The number of halogens is 1. The molecule has 1 aliphatic carbocycles. The molecule has 0 unspecified atom stereocenters. The number of rotatable bonds is 9. The fourth-order valence-corrected chi connectivity index (χ4v) is 3.94. The SMILES string of the molecule is C=C(C)/C(=C\C=C/C)CNC(=O)c1ccc(-c2ccc(N(C)C3(CC)CC3)c(F)c2)cc1. The molecule has 3 nitrogen and oxygen atoms in total. The summed E-state index contributed by atoms with van der Waals surface area (Å²) < 4.78 is 14.9. The molecule has 168 valence electrons. The van der Waals surface area contributed by atoms with Gasteiger partial charge >= 0.3 is 0 Å². The van der Waals surface area contributed by atoms with Crippen molar-refractivity contribution in [3.05, 3.63) is 89.8 Å². The number of carbonyl (C=O) groups excluding carboxylic acids is 1. The lowest BCUT2D eigenvalue weighted by Gasteiger charge is -2.29. The molecule has 1 fully saturated rings. The highest BCUT2D eigenvalue weighted by Gasteiger charge is 2.45. The van der Waals surface area contributed by atoms with E-state index < -0.39 is 0 Å². The Morgan fingerprint density at radius 3 is 2.38 bits per heavy atom. The summed E-state index contributed by atoms with van der Waals surface area (Å²) in [6.45, 7) is 10.4. The predicted molar refractivity (Wildman–Crippen MR) is 133 cm³/mol. The van der Waals surface area contributed by atoms with Crippen LogP contribution in [-0.2, 0) is 0 Å². The normalized spacial score (nSPS) is 15.0. The van der Waals surface area contributed by atoms with Crippen molar-refractivity contribution in [1.29, 1.82) is 0 Å². The van der Waals surface area contributed by atoms with Crippen molar-refractivity contribution >= 4 is 11.6 Å². The minimum atomic E-state index is -0.216. The molecule has 2 aromatic carbocycles. The summed E-state index contributed by atoms with van der Waals surface area (Å²) in [7, 11) is 1.98. The van der Waals surface area contributed by atoms with Crippen LogP contribution >= 0.6 is 0 Å². The minimum absolute atomic E-state index is 0.114. The van der Waals surface area contributed by atoms with Crippen molar-refractivity contribution in [2.45, 2.75) is 45.6 Å². The smallest absolute Gasteiger partial charge is 0.251 e. The summed E-state index contributed by atoms with van der Waals surface area (Å²) in [5.74, 6) is -0.367. The molecule has 1 amide bonds. The third-order valence-corrected chi connectivity index (χ3v) is 6.46. The maximum absolute atomic E-state index is 14.9. The Bertz CT molecular complexity index is 1050. The number of nitrogens with zero attached hydrogens (tertiary/aromatic N) is 1. The number of nitrogens with one attached hydrogen (secondary N) is 1. The van der Waals surface area contributed by atoms with Crippen LogP contribution in [0, 0.1) is 5.82 Å². The molecule has 0 heterocycles. The fourth-order valence-electron chi connectivity index (χ4n) is 3.94. The molecule has 0 atom stereocenters. The molecule has 0 spiro atoms. The quantitative estimate of drug-likeness (QED) is 0.448. The molecule has 1 aliphatic rings. The number of carbonyl (C=O) groups is 1. The molecule has 1 saturated carbocycles. The van der Waals surface area contributed by atoms with Gasteiger partial charge in [-0.05, 0) is 74.1 Å². The number of benzene rings is 2. The first-order chi connectivity index (χ1) is 15.3. The highest BCUT2D eigenvalue weighted by molar-refractivity contribution is 5.94. The van der Waals surface area contributed by atoms with Crippen molar-refractivity contribution in [3.8, 4) is 11.1 Å². The summed E-state index contributed by atoms with van der Waals surface area (Å²) in [5, 5.41) is 2.94. The molecule has 2 aromatic rings. The lowest BCUT2D eigenvalue weighted by atomic mass is 10.0.